The Morgan fingerprint density at radius 3 is 2.54 bits per heavy atom. The summed E-state index contributed by atoms with van der Waals surface area (Å²) in [7, 11) is 0. The summed E-state index contributed by atoms with van der Waals surface area (Å²) in [6.07, 6.45) is 1.86. The highest BCUT2D eigenvalue weighted by Crippen LogP contribution is 2.14. The van der Waals surface area contributed by atoms with Crippen LogP contribution in [-0.2, 0) is 0 Å². The van der Waals surface area contributed by atoms with Crippen molar-refractivity contribution >= 4 is 0 Å². The molecule has 13 heavy (non-hydrogen) atoms. The van der Waals surface area contributed by atoms with E-state index in [1.54, 1.807) is 0 Å². The van der Waals surface area contributed by atoms with Crippen molar-refractivity contribution in [2.24, 2.45) is 0 Å². The zero-order valence-electron chi connectivity index (χ0n) is 7.49. The fraction of sp³-hybridized carbons (Fsp3) is 0.0833. The Bertz CT molecular complexity index is 376. The summed E-state index contributed by atoms with van der Waals surface area (Å²) in [6, 6.07) is 15.2. The van der Waals surface area contributed by atoms with Crippen molar-refractivity contribution in [3.8, 4) is 11.3 Å². The summed E-state index contributed by atoms with van der Waals surface area (Å²) in [4.78, 5) is 4.29. The Hall–Kier alpha value is -1.63. The molecule has 0 fully saturated rings. The van der Waals surface area contributed by atoms with Crippen LogP contribution in [0.5, 0.6) is 0 Å². The lowest BCUT2D eigenvalue weighted by Gasteiger charge is -1.98. The number of aryl methyl sites for hydroxylation is 1. The molecule has 2 rings (SSSR count). The fourth-order valence-corrected chi connectivity index (χ4v) is 1.18. The fourth-order valence-electron chi connectivity index (χ4n) is 1.18. The van der Waals surface area contributed by atoms with Crippen LogP contribution in [0.25, 0.3) is 11.3 Å². The van der Waals surface area contributed by atoms with Gasteiger partial charge < -0.3 is 0 Å². The lowest BCUT2D eigenvalue weighted by atomic mass is 10.1. The van der Waals surface area contributed by atoms with E-state index >= 15 is 0 Å². The van der Waals surface area contributed by atoms with Crippen LogP contribution in [0.1, 0.15) is 5.56 Å². The maximum absolute atomic E-state index is 4.29. The van der Waals surface area contributed by atoms with Gasteiger partial charge in [0.25, 0.3) is 0 Å². The molecular weight excluding hydrogens is 158 g/mol. The predicted octanol–water partition coefficient (Wildman–Crippen LogP) is 2.86. The van der Waals surface area contributed by atoms with Gasteiger partial charge in [0, 0.05) is 17.8 Å². The van der Waals surface area contributed by atoms with Crippen LogP contribution < -0.4 is 0 Å². The summed E-state index contributed by atoms with van der Waals surface area (Å²) >= 11 is 0. The number of benzene rings is 1. The van der Waals surface area contributed by atoms with Gasteiger partial charge in [0.15, 0.2) is 0 Å². The first-order valence-electron chi connectivity index (χ1n) is 4.26. The first-order chi connectivity index (χ1) is 6.36. The molecule has 0 unspecified atom stereocenters. The molecule has 0 saturated heterocycles. The van der Waals surface area contributed by atoms with E-state index in [2.05, 4.69) is 11.1 Å². The first kappa shape index (κ1) is 7.99. The zero-order valence-corrected chi connectivity index (χ0v) is 7.49. The number of rotatable bonds is 1. The normalized spacial score (nSPS) is 9.92. The summed E-state index contributed by atoms with van der Waals surface area (Å²) < 4.78 is 0. The van der Waals surface area contributed by atoms with Gasteiger partial charge in [-0.3, -0.25) is 4.98 Å². The Morgan fingerprint density at radius 1 is 1.15 bits per heavy atom. The topological polar surface area (TPSA) is 12.9 Å². The molecule has 1 heterocycles. The van der Waals surface area contributed by atoms with Gasteiger partial charge >= 0.3 is 0 Å². The third kappa shape index (κ3) is 1.75. The van der Waals surface area contributed by atoms with Crippen molar-refractivity contribution in [2.75, 3.05) is 0 Å². The quantitative estimate of drug-likeness (QED) is 0.638. The van der Waals surface area contributed by atoms with E-state index in [-0.39, 0.29) is 0 Å². The zero-order chi connectivity index (χ0) is 9.10. The molecule has 0 aliphatic carbocycles. The number of pyridine rings is 1. The van der Waals surface area contributed by atoms with Gasteiger partial charge in [-0.25, -0.2) is 0 Å². The molecule has 0 aliphatic heterocycles. The highest BCUT2D eigenvalue weighted by Gasteiger charge is 1.96. The van der Waals surface area contributed by atoms with Crippen LogP contribution in [0.3, 0.4) is 0 Å². The molecular formula is C12H10N. The van der Waals surface area contributed by atoms with Crippen molar-refractivity contribution in [3.63, 3.8) is 0 Å². The van der Waals surface area contributed by atoms with Gasteiger partial charge in [0.2, 0.25) is 0 Å². The lowest BCUT2D eigenvalue weighted by Crippen LogP contribution is -1.83. The highest BCUT2D eigenvalue weighted by atomic mass is 14.7. The molecule has 1 heteroatoms. The van der Waals surface area contributed by atoms with Gasteiger partial charge in [-0.15, -0.1) is 0 Å². The van der Waals surface area contributed by atoms with Crippen LogP contribution in [-0.4, -0.2) is 4.98 Å². The minimum absolute atomic E-state index is 0.909. The summed E-state index contributed by atoms with van der Waals surface area (Å²) in [5, 5.41) is 0. The van der Waals surface area contributed by atoms with E-state index in [0.29, 0.717) is 0 Å². The van der Waals surface area contributed by atoms with Crippen LogP contribution >= 0.6 is 0 Å². The van der Waals surface area contributed by atoms with Gasteiger partial charge in [-0.2, -0.15) is 0 Å². The van der Waals surface area contributed by atoms with Gasteiger partial charge in [-0.1, -0.05) is 30.3 Å². The molecule has 0 saturated carbocycles. The second-order valence-corrected chi connectivity index (χ2v) is 3.01. The molecule has 1 nitrogen and oxygen atoms in total. The van der Waals surface area contributed by atoms with E-state index in [0.717, 1.165) is 16.8 Å². The maximum atomic E-state index is 4.29. The smallest absolute Gasteiger partial charge is 0.0781 e. The van der Waals surface area contributed by atoms with E-state index in [1.807, 2.05) is 49.5 Å². The van der Waals surface area contributed by atoms with Crippen molar-refractivity contribution in [1.82, 2.24) is 4.98 Å². The molecule has 0 aliphatic rings. The number of nitrogens with zero attached hydrogens (tertiary/aromatic N) is 1. The minimum atomic E-state index is 0.909. The van der Waals surface area contributed by atoms with Crippen molar-refractivity contribution in [2.45, 2.75) is 6.92 Å². The summed E-state index contributed by atoms with van der Waals surface area (Å²) in [6.45, 7) is 2.01. The maximum Gasteiger partial charge on any atom is 0.0781 e. The largest absolute Gasteiger partial charge is 0.255 e. The molecule has 0 atom stereocenters. The molecule has 0 amide bonds. The van der Waals surface area contributed by atoms with Crippen molar-refractivity contribution < 1.29 is 0 Å². The standard InChI is InChI=1S/C12H10N/c1-10-7-8-12(13-9-10)11-5-3-2-4-6-11/h2-7,9H,1H3. The monoisotopic (exact) mass is 168 g/mol. The molecule has 0 bridgehead atoms. The second kappa shape index (κ2) is 3.40. The number of hydrogen-bond acceptors (Lipinski definition) is 1. The molecule has 1 aromatic heterocycles. The van der Waals surface area contributed by atoms with Gasteiger partial charge in [0.05, 0.1) is 5.69 Å². The van der Waals surface area contributed by atoms with Crippen molar-refractivity contribution in [3.05, 3.63) is 54.2 Å². The second-order valence-electron chi connectivity index (χ2n) is 3.01. The summed E-state index contributed by atoms with van der Waals surface area (Å²) in [5.74, 6) is 0. The summed E-state index contributed by atoms with van der Waals surface area (Å²) in [5.41, 5.74) is 3.16. The van der Waals surface area contributed by atoms with Crippen LogP contribution in [0.4, 0.5) is 0 Å². The van der Waals surface area contributed by atoms with E-state index < -0.39 is 0 Å². The Labute approximate surface area is 78.1 Å². The van der Waals surface area contributed by atoms with Gasteiger partial charge in [0.1, 0.15) is 0 Å². The van der Waals surface area contributed by atoms with Crippen LogP contribution in [0.2, 0.25) is 0 Å². The first-order valence-corrected chi connectivity index (χ1v) is 4.26. The predicted molar refractivity (Wildman–Crippen MR) is 53.2 cm³/mol. The third-order valence-electron chi connectivity index (χ3n) is 1.88. The average Bonchev–Trinajstić information content (AvgIpc) is 2.20. The minimum Gasteiger partial charge on any atom is -0.255 e. The Morgan fingerprint density at radius 2 is 1.92 bits per heavy atom. The molecule has 1 aromatic carbocycles. The lowest BCUT2D eigenvalue weighted by molar-refractivity contribution is 1.26. The molecule has 0 N–H and O–H groups in total. The van der Waals surface area contributed by atoms with E-state index in [4.69, 9.17) is 0 Å². The molecule has 63 valence electrons. The third-order valence-corrected chi connectivity index (χ3v) is 1.88. The average molecular weight is 168 g/mol. The molecule has 1 radical (unpaired) electrons. The van der Waals surface area contributed by atoms with Crippen molar-refractivity contribution in [1.29, 1.82) is 0 Å². The SMILES string of the molecule is Cc1c[c]c(-c2ccccc2)nc1. The van der Waals surface area contributed by atoms with E-state index in [1.165, 1.54) is 0 Å². The molecule has 0 spiro atoms. The number of hydrogen-bond donors (Lipinski definition) is 0. The highest BCUT2D eigenvalue weighted by molar-refractivity contribution is 5.57. The Kier molecular flexibility index (Phi) is 2.09. The Balaban J connectivity index is 2.42. The van der Waals surface area contributed by atoms with Crippen LogP contribution in [0, 0.1) is 13.0 Å². The number of aromatic nitrogens is 1. The van der Waals surface area contributed by atoms with Crippen LogP contribution in [0.15, 0.2) is 42.6 Å². The molecule has 2 aromatic rings. The van der Waals surface area contributed by atoms with E-state index in [9.17, 15) is 0 Å². The van der Waals surface area contributed by atoms with Gasteiger partial charge in [-0.05, 0) is 18.6 Å².